The Labute approximate surface area is 171 Å². The number of benzene rings is 1. The van der Waals surface area contributed by atoms with Gasteiger partial charge in [-0.05, 0) is 0 Å². The van der Waals surface area contributed by atoms with Crippen LogP contribution >= 0.6 is 11.8 Å². The summed E-state index contributed by atoms with van der Waals surface area (Å²) < 4.78 is 11.1. The van der Waals surface area contributed by atoms with E-state index in [4.69, 9.17) is 9.26 Å². The van der Waals surface area contributed by atoms with Gasteiger partial charge >= 0.3 is 0 Å². The number of rotatable bonds is 8. The summed E-state index contributed by atoms with van der Waals surface area (Å²) in [5.74, 6) is 2.96. The van der Waals surface area contributed by atoms with E-state index in [1.165, 1.54) is 0 Å². The van der Waals surface area contributed by atoms with Crippen molar-refractivity contribution < 1.29 is 14.1 Å². The normalized spacial score (nSPS) is 14.5. The highest BCUT2D eigenvalue weighted by Gasteiger charge is 2.27. The van der Waals surface area contributed by atoms with E-state index in [9.17, 15) is 4.79 Å². The minimum absolute atomic E-state index is 0.0771. The van der Waals surface area contributed by atoms with Crippen molar-refractivity contribution in [2.75, 3.05) is 49.8 Å². The van der Waals surface area contributed by atoms with Crippen molar-refractivity contribution in [1.29, 1.82) is 0 Å². The molecule has 2 aromatic rings. The Morgan fingerprint density at radius 1 is 1.29 bits per heavy atom. The Hall–Kier alpha value is -1.99. The van der Waals surface area contributed by atoms with Crippen molar-refractivity contribution >= 4 is 23.6 Å². The van der Waals surface area contributed by atoms with E-state index in [1.807, 2.05) is 60.8 Å². The molecule has 0 spiro atoms. The summed E-state index contributed by atoms with van der Waals surface area (Å²) in [5, 5.41) is 4.41. The number of hydrogen-bond donors (Lipinski definition) is 0. The molecule has 1 saturated heterocycles. The average molecular weight is 404 g/mol. The summed E-state index contributed by atoms with van der Waals surface area (Å²) in [6.45, 7) is 7.22. The van der Waals surface area contributed by atoms with Gasteiger partial charge in [0.25, 0.3) is 0 Å². The Morgan fingerprint density at radius 3 is 2.64 bits per heavy atom. The first-order chi connectivity index (χ1) is 13.6. The van der Waals surface area contributed by atoms with Gasteiger partial charge in [-0.15, -0.1) is 0 Å². The van der Waals surface area contributed by atoms with E-state index in [0.717, 1.165) is 47.3 Å². The van der Waals surface area contributed by atoms with Gasteiger partial charge in [-0.3, -0.25) is 4.79 Å². The number of carbonyl (C=O) groups excluding carboxylic acids is 1. The predicted octanol–water partition coefficient (Wildman–Crippen LogP) is 3.53. The maximum atomic E-state index is 12.8. The van der Waals surface area contributed by atoms with E-state index in [0.29, 0.717) is 19.7 Å². The number of ether oxygens (including phenoxy) is 1. The molecule has 1 fully saturated rings. The van der Waals surface area contributed by atoms with Gasteiger partial charge in [0.2, 0.25) is 11.8 Å². The number of nitrogens with zero attached hydrogens (tertiary/aromatic N) is 3. The summed E-state index contributed by atoms with van der Waals surface area (Å²) in [4.78, 5) is 16.9. The lowest BCUT2D eigenvalue weighted by Crippen LogP contribution is -2.37. The molecule has 1 aromatic heterocycles. The molecule has 0 aliphatic carbocycles. The molecule has 0 saturated carbocycles. The summed E-state index contributed by atoms with van der Waals surface area (Å²) >= 11 is 1.95. The second-order valence-electron chi connectivity index (χ2n) is 7.19. The monoisotopic (exact) mass is 403 g/mol. The highest BCUT2D eigenvalue weighted by atomic mass is 32.2. The zero-order chi connectivity index (χ0) is 19.9. The molecule has 3 rings (SSSR count). The van der Waals surface area contributed by atoms with Crippen LogP contribution in [0.2, 0.25) is 0 Å². The van der Waals surface area contributed by atoms with Gasteiger partial charge in [-0.2, -0.15) is 11.8 Å². The Bertz CT molecular complexity index is 758. The Morgan fingerprint density at radius 2 is 2.00 bits per heavy atom. The van der Waals surface area contributed by atoms with Gasteiger partial charge in [0, 0.05) is 49.7 Å². The SMILES string of the molecule is COCCN(Cc1c(-c2ccccc2)noc1N1CCSCC1)C(=O)C(C)C. The number of hydrogen-bond acceptors (Lipinski definition) is 6. The zero-order valence-corrected chi connectivity index (χ0v) is 17.7. The third-order valence-corrected chi connectivity index (χ3v) is 5.78. The van der Waals surface area contributed by atoms with Gasteiger partial charge in [0.05, 0.1) is 18.7 Å². The maximum absolute atomic E-state index is 12.8. The van der Waals surface area contributed by atoms with Crippen LogP contribution in [0.15, 0.2) is 34.9 Å². The molecule has 1 aliphatic heterocycles. The van der Waals surface area contributed by atoms with E-state index in [2.05, 4.69) is 10.1 Å². The predicted molar refractivity (Wildman–Crippen MR) is 114 cm³/mol. The topological polar surface area (TPSA) is 58.8 Å². The lowest BCUT2D eigenvalue weighted by molar-refractivity contribution is -0.135. The smallest absolute Gasteiger partial charge is 0.232 e. The molecule has 2 heterocycles. The number of thioether (sulfide) groups is 1. The average Bonchev–Trinajstić information content (AvgIpc) is 3.15. The standard InChI is InChI=1S/C21H29N3O3S/c1-16(2)20(25)24(9-12-26-3)15-18-19(17-7-5-4-6-8-17)22-27-21(18)23-10-13-28-14-11-23/h4-8,16H,9-15H2,1-3H3. The molecule has 152 valence electrons. The summed E-state index contributed by atoms with van der Waals surface area (Å²) in [6.07, 6.45) is 0. The molecule has 0 unspecified atom stereocenters. The van der Waals surface area contributed by atoms with Crippen LogP contribution in [-0.4, -0.2) is 60.8 Å². The van der Waals surface area contributed by atoms with Crippen LogP contribution in [0.25, 0.3) is 11.3 Å². The first-order valence-electron chi connectivity index (χ1n) is 9.76. The maximum Gasteiger partial charge on any atom is 0.232 e. The fourth-order valence-corrected chi connectivity index (χ4v) is 4.21. The van der Waals surface area contributed by atoms with Crippen LogP contribution in [-0.2, 0) is 16.1 Å². The second-order valence-corrected chi connectivity index (χ2v) is 8.41. The fourth-order valence-electron chi connectivity index (χ4n) is 3.31. The largest absolute Gasteiger partial charge is 0.383 e. The lowest BCUT2D eigenvalue weighted by atomic mass is 10.1. The molecule has 7 heteroatoms. The van der Waals surface area contributed by atoms with E-state index < -0.39 is 0 Å². The molecular weight excluding hydrogens is 374 g/mol. The van der Waals surface area contributed by atoms with Crippen LogP contribution in [0.1, 0.15) is 19.4 Å². The first kappa shape index (κ1) is 20.7. The van der Waals surface area contributed by atoms with Gasteiger partial charge in [0.1, 0.15) is 5.69 Å². The van der Waals surface area contributed by atoms with Crippen LogP contribution in [0, 0.1) is 5.92 Å². The van der Waals surface area contributed by atoms with Crippen LogP contribution in [0.5, 0.6) is 0 Å². The highest BCUT2D eigenvalue weighted by molar-refractivity contribution is 7.99. The molecule has 1 aliphatic rings. The molecule has 28 heavy (non-hydrogen) atoms. The Balaban J connectivity index is 1.97. The Kier molecular flexibility index (Phi) is 7.39. The van der Waals surface area contributed by atoms with Crippen LogP contribution in [0.3, 0.4) is 0 Å². The fraction of sp³-hybridized carbons (Fsp3) is 0.524. The quantitative estimate of drug-likeness (QED) is 0.672. The summed E-state index contributed by atoms with van der Waals surface area (Å²) in [6, 6.07) is 10.0. The van der Waals surface area contributed by atoms with Crippen LogP contribution in [0.4, 0.5) is 5.88 Å². The number of methoxy groups -OCH3 is 1. The van der Waals surface area contributed by atoms with Crippen molar-refractivity contribution in [3.8, 4) is 11.3 Å². The summed E-state index contributed by atoms with van der Waals surface area (Å²) in [7, 11) is 1.66. The van der Waals surface area contributed by atoms with Crippen molar-refractivity contribution in [1.82, 2.24) is 10.1 Å². The van der Waals surface area contributed by atoms with Gasteiger partial charge in [-0.25, -0.2) is 0 Å². The van der Waals surface area contributed by atoms with Gasteiger partial charge in [-0.1, -0.05) is 49.3 Å². The molecule has 6 nitrogen and oxygen atoms in total. The molecule has 1 amide bonds. The number of aromatic nitrogens is 1. The van der Waals surface area contributed by atoms with Crippen molar-refractivity contribution in [3.63, 3.8) is 0 Å². The first-order valence-corrected chi connectivity index (χ1v) is 10.9. The molecule has 1 aromatic carbocycles. The third-order valence-electron chi connectivity index (χ3n) is 4.83. The zero-order valence-electron chi connectivity index (χ0n) is 16.9. The van der Waals surface area contributed by atoms with E-state index >= 15 is 0 Å². The van der Waals surface area contributed by atoms with Crippen molar-refractivity contribution in [2.45, 2.75) is 20.4 Å². The van der Waals surface area contributed by atoms with E-state index in [-0.39, 0.29) is 11.8 Å². The minimum atomic E-state index is -0.0771. The molecule has 0 bridgehead atoms. The van der Waals surface area contributed by atoms with Crippen LogP contribution < -0.4 is 4.90 Å². The number of anilines is 1. The summed E-state index contributed by atoms with van der Waals surface area (Å²) in [5.41, 5.74) is 2.79. The lowest BCUT2D eigenvalue weighted by Gasteiger charge is -2.28. The third kappa shape index (κ3) is 4.89. The number of carbonyl (C=O) groups is 1. The molecule has 0 N–H and O–H groups in total. The van der Waals surface area contributed by atoms with Gasteiger partial charge in [0.15, 0.2) is 0 Å². The van der Waals surface area contributed by atoms with Gasteiger partial charge < -0.3 is 19.1 Å². The highest BCUT2D eigenvalue weighted by Crippen LogP contribution is 2.33. The van der Waals surface area contributed by atoms with Crippen molar-refractivity contribution in [3.05, 3.63) is 35.9 Å². The molecule has 0 radical (unpaired) electrons. The number of amides is 1. The minimum Gasteiger partial charge on any atom is -0.383 e. The molecular formula is C21H29N3O3S. The molecule has 0 atom stereocenters. The van der Waals surface area contributed by atoms with Crippen molar-refractivity contribution in [2.24, 2.45) is 5.92 Å². The second kappa shape index (κ2) is 9.98. The van der Waals surface area contributed by atoms with E-state index in [1.54, 1.807) is 7.11 Å².